The Labute approximate surface area is 126 Å². The molecule has 2 amide bonds. The Balaban J connectivity index is 1.98. The lowest BCUT2D eigenvalue weighted by molar-refractivity contribution is -0.141. The molecule has 0 saturated carbocycles. The largest absolute Gasteiger partial charge is 0.481 e. The van der Waals surface area contributed by atoms with E-state index in [9.17, 15) is 9.59 Å². The Kier molecular flexibility index (Phi) is 4.89. The number of pyridine rings is 1. The molecule has 2 atom stereocenters. The lowest BCUT2D eigenvalue weighted by Crippen LogP contribution is -2.49. The number of carbonyl (C=O) groups is 2. The summed E-state index contributed by atoms with van der Waals surface area (Å²) in [5.74, 6) is -0.102. The molecule has 7 nitrogen and oxygen atoms in total. The quantitative estimate of drug-likeness (QED) is 0.866. The molecule has 0 aromatic carbocycles. The fraction of sp³-hybridized carbons (Fsp3) is 0.462. The van der Waals surface area contributed by atoms with E-state index in [1.54, 1.807) is 18.3 Å². The zero-order valence-electron chi connectivity index (χ0n) is 11.8. The number of rotatable bonds is 4. The second-order valence-corrected chi connectivity index (χ2v) is 5.91. The number of carboxylic acids is 1. The van der Waals surface area contributed by atoms with Gasteiger partial charge in [0.15, 0.2) is 0 Å². The fourth-order valence-corrected chi connectivity index (χ4v) is 3.25. The monoisotopic (exact) mass is 311 g/mol. The van der Waals surface area contributed by atoms with Gasteiger partial charge in [0.2, 0.25) is 5.88 Å². The van der Waals surface area contributed by atoms with Crippen molar-refractivity contribution in [1.82, 2.24) is 15.2 Å². The van der Waals surface area contributed by atoms with E-state index in [0.717, 1.165) is 5.56 Å². The molecule has 0 aliphatic carbocycles. The molecule has 2 unspecified atom stereocenters. The smallest absolute Gasteiger partial charge is 0.327 e. The SMILES string of the molecule is COc1cc(CNC(=O)N2C(C)SCC2C(=O)O)ccn1. The third-order valence-corrected chi connectivity index (χ3v) is 4.41. The van der Waals surface area contributed by atoms with E-state index < -0.39 is 12.0 Å². The molecule has 0 spiro atoms. The number of aliphatic carboxylic acids is 1. The van der Waals surface area contributed by atoms with Crippen LogP contribution in [0.25, 0.3) is 0 Å². The van der Waals surface area contributed by atoms with Gasteiger partial charge in [-0.3, -0.25) is 4.90 Å². The highest BCUT2D eigenvalue weighted by Crippen LogP contribution is 2.28. The summed E-state index contributed by atoms with van der Waals surface area (Å²) in [5, 5.41) is 11.7. The van der Waals surface area contributed by atoms with Crippen molar-refractivity contribution in [3.05, 3.63) is 23.9 Å². The summed E-state index contributed by atoms with van der Waals surface area (Å²) >= 11 is 1.45. The topological polar surface area (TPSA) is 91.8 Å². The number of hydrogen-bond acceptors (Lipinski definition) is 5. The van der Waals surface area contributed by atoms with E-state index in [0.29, 0.717) is 11.6 Å². The van der Waals surface area contributed by atoms with Crippen LogP contribution in [0.15, 0.2) is 18.3 Å². The number of aromatic nitrogens is 1. The minimum absolute atomic E-state index is 0.155. The predicted octanol–water partition coefficient (Wildman–Crippen LogP) is 1.15. The molecule has 1 aliphatic rings. The standard InChI is InChI=1S/C13H17N3O4S/c1-8-16(10(7-21-8)12(17)18)13(19)15-6-9-3-4-14-11(5-9)20-2/h3-5,8,10H,6-7H2,1-2H3,(H,15,19)(H,17,18). The maximum Gasteiger partial charge on any atom is 0.327 e. The molecule has 1 aromatic rings. The Morgan fingerprint density at radius 3 is 3.05 bits per heavy atom. The minimum atomic E-state index is -0.979. The minimum Gasteiger partial charge on any atom is -0.481 e. The molecular formula is C13H17N3O4S. The van der Waals surface area contributed by atoms with Crippen molar-refractivity contribution in [2.45, 2.75) is 24.9 Å². The number of hydrogen-bond donors (Lipinski definition) is 2. The van der Waals surface area contributed by atoms with Crippen LogP contribution in [0.1, 0.15) is 12.5 Å². The summed E-state index contributed by atoms with van der Waals surface area (Å²) in [5.41, 5.74) is 0.835. The molecule has 2 heterocycles. The van der Waals surface area contributed by atoms with Gasteiger partial charge in [-0.1, -0.05) is 0 Å². The molecule has 8 heteroatoms. The van der Waals surface area contributed by atoms with Gasteiger partial charge in [-0.25, -0.2) is 14.6 Å². The van der Waals surface area contributed by atoms with Gasteiger partial charge in [0.1, 0.15) is 6.04 Å². The molecule has 1 saturated heterocycles. The highest BCUT2D eigenvalue weighted by molar-refractivity contribution is 8.00. The molecule has 0 radical (unpaired) electrons. The van der Waals surface area contributed by atoms with Crippen molar-refractivity contribution in [3.8, 4) is 5.88 Å². The van der Waals surface area contributed by atoms with Crippen LogP contribution in [0.3, 0.4) is 0 Å². The number of ether oxygens (including phenoxy) is 1. The average Bonchev–Trinajstić information content (AvgIpc) is 2.87. The first-order chi connectivity index (χ1) is 10.0. The molecule has 1 aliphatic heterocycles. The van der Waals surface area contributed by atoms with Crippen molar-refractivity contribution in [3.63, 3.8) is 0 Å². The van der Waals surface area contributed by atoms with Gasteiger partial charge in [0.25, 0.3) is 0 Å². The van der Waals surface area contributed by atoms with Crippen molar-refractivity contribution < 1.29 is 19.4 Å². The zero-order valence-corrected chi connectivity index (χ0v) is 12.6. The molecule has 1 fully saturated rings. The molecule has 1 aromatic heterocycles. The number of amides is 2. The normalized spacial score (nSPS) is 21.1. The average molecular weight is 311 g/mol. The van der Waals surface area contributed by atoms with Crippen LogP contribution < -0.4 is 10.1 Å². The van der Waals surface area contributed by atoms with Crippen LogP contribution >= 0.6 is 11.8 Å². The van der Waals surface area contributed by atoms with Crippen LogP contribution in [0.2, 0.25) is 0 Å². The second kappa shape index (κ2) is 6.66. The summed E-state index contributed by atoms with van der Waals surface area (Å²) in [7, 11) is 1.52. The summed E-state index contributed by atoms with van der Waals surface area (Å²) in [6.45, 7) is 2.11. The van der Waals surface area contributed by atoms with E-state index in [1.165, 1.54) is 23.8 Å². The number of thioether (sulfide) groups is 1. The highest BCUT2D eigenvalue weighted by atomic mass is 32.2. The Bertz CT molecular complexity index is 540. The third kappa shape index (κ3) is 3.57. The summed E-state index contributed by atoms with van der Waals surface area (Å²) in [6, 6.07) is 2.32. The molecule has 0 bridgehead atoms. The van der Waals surface area contributed by atoms with E-state index in [1.807, 2.05) is 6.92 Å². The van der Waals surface area contributed by atoms with Gasteiger partial charge in [0, 0.05) is 24.6 Å². The number of nitrogens with zero attached hydrogens (tertiary/aromatic N) is 2. The first-order valence-electron chi connectivity index (χ1n) is 6.42. The molecule has 2 N–H and O–H groups in total. The molecule has 21 heavy (non-hydrogen) atoms. The lowest BCUT2D eigenvalue weighted by Gasteiger charge is -2.25. The summed E-state index contributed by atoms with van der Waals surface area (Å²) in [6.07, 6.45) is 1.59. The second-order valence-electron chi connectivity index (χ2n) is 4.56. The van der Waals surface area contributed by atoms with Gasteiger partial charge >= 0.3 is 12.0 Å². The van der Waals surface area contributed by atoms with Gasteiger partial charge in [-0.05, 0) is 18.6 Å². The van der Waals surface area contributed by atoms with Gasteiger partial charge < -0.3 is 15.2 Å². The van der Waals surface area contributed by atoms with Gasteiger partial charge in [0.05, 0.1) is 12.5 Å². The van der Waals surface area contributed by atoms with E-state index >= 15 is 0 Å². The number of nitrogens with one attached hydrogen (secondary N) is 1. The maximum atomic E-state index is 12.2. The zero-order chi connectivity index (χ0) is 15.4. The Morgan fingerprint density at radius 1 is 1.62 bits per heavy atom. The number of carboxylic acid groups (broad SMARTS) is 1. The van der Waals surface area contributed by atoms with Crippen molar-refractivity contribution in [1.29, 1.82) is 0 Å². The highest BCUT2D eigenvalue weighted by Gasteiger charge is 2.39. The third-order valence-electron chi connectivity index (χ3n) is 3.19. The molecule has 2 rings (SSSR count). The van der Waals surface area contributed by atoms with Crippen molar-refractivity contribution >= 4 is 23.8 Å². The van der Waals surface area contributed by atoms with E-state index in [2.05, 4.69) is 10.3 Å². The summed E-state index contributed by atoms with van der Waals surface area (Å²) < 4.78 is 5.01. The Hall–Kier alpha value is -1.96. The van der Waals surface area contributed by atoms with Gasteiger partial charge in [-0.15, -0.1) is 11.8 Å². The predicted molar refractivity (Wildman–Crippen MR) is 78.2 cm³/mol. The number of methoxy groups -OCH3 is 1. The first kappa shape index (κ1) is 15.4. The van der Waals surface area contributed by atoms with Crippen LogP contribution in [0.5, 0.6) is 5.88 Å². The van der Waals surface area contributed by atoms with Crippen molar-refractivity contribution in [2.24, 2.45) is 0 Å². The maximum absolute atomic E-state index is 12.2. The lowest BCUT2D eigenvalue weighted by atomic mass is 10.2. The van der Waals surface area contributed by atoms with Crippen LogP contribution in [-0.4, -0.2) is 51.3 Å². The van der Waals surface area contributed by atoms with Gasteiger partial charge in [-0.2, -0.15) is 0 Å². The number of carbonyl (C=O) groups excluding carboxylic acids is 1. The van der Waals surface area contributed by atoms with Crippen LogP contribution in [-0.2, 0) is 11.3 Å². The van der Waals surface area contributed by atoms with E-state index in [-0.39, 0.29) is 17.9 Å². The molecule has 114 valence electrons. The van der Waals surface area contributed by atoms with Crippen molar-refractivity contribution in [2.75, 3.05) is 12.9 Å². The number of urea groups is 1. The van der Waals surface area contributed by atoms with Crippen LogP contribution in [0.4, 0.5) is 4.79 Å². The fourth-order valence-electron chi connectivity index (χ4n) is 2.08. The molecular weight excluding hydrogens is 294 g/mol. The van der Waals surface area contributed by atoms with E-state index in [4.69, 9.17) is 9.84 Å². The van der Waals surface area contributed by atoms with Crippen LogP contribution in [0, 0.1) is 0 Å². The Morgan fingerprint density at radius 2 is 2.38 bits per heavy atom. The summed E-state index contributed by atoms with van der Waals surface area (Å²) in [4.78, 5) is 28.7. The first-order valence-corrected chi connectivity index (χ1v) is 7.47.